The van der Waals surface area contributed by atoms with Crippen LogP contribution in [0.25, 0.3) is 0 Å². The lowest BCUT2D eigenvalue weighted by molar-refractivity contribution is 0.125. The number of ether oxygens (including phenoxy) is 1. The van der Waals surface area contributed by atoms with Gasteiger partial charge in [-0.25, -0.2) is 0 Å². The number of aromatic nitrogens is 2. The van der Waals surface area contributed by atoms with Crippen molar-refractivity contribution in [2.45, 2.75) is 39.8 Å². The van der Waals surface area contributed by atoms with Gasteiger partial charge in [-0.15, -0.1) is 0 Å². The maximum absolute atomic E-state index is 5.88. The molecule has 0 spiro atoms. The average molecular weight is 392 g/mol. The highest BCUT2D eigenvalue weighted by molar-refractivity contribution is 6.30. The van der Waals surface area contributed by atoms with Crippen molar-refractivity contribution in [1.29, 1.82) is 0 Å². The summed E-state index contributed by atoms with van der Waals surface area (Å²) in [7, 11) is 3.76. The summed E-state index contributed by atoms with van der Waals surface area (Å²) in [5.41, 5.74) is 4.69. The van der Waals surface area contributed by atoms with Crippen LogP contribution in [0.3, 0.4) is 0 Å². The van der Waals surface area contributed by atoms with E-state index in [0.29, 0.717) is 19.8 Å². The molecule has 1 heterocycles. The van der Waals surface area contributed by atoms with E-state index in [1.165, 1.54) is 11.3 Å². The third-order valence-corrected chi connectivity index (χ3v) is 4.75. The number of aliphatic imine (C=N–C) groups is 1. The lowest BCUT2D eigenvalue weighted by Gasteiger charge is -2.18. The van der Waals surface area contributed by atoms with Crippen LogP contribution in [0.5, 0.6) is 0 Å². The van der Waals surface area contributed by atoms with Crippen molar-refractivity contribution in [3.63, 3.8) is 0 Å². The summed E-state index contributed by atoms with van der Waals surface area (Å²) in [6.45, 7) is 8.16. The zero-order valence-corrected chi connectivity index (χ0v) is 17.6. The van der Waals surface area contributed by atoms with Gasteiger partial charge in [-0.2, -0.15) is 5.10 Å². The van der Waals surface area contributed by atoms with E-state index in [9.17, 15) is 0 Å². The van der Waals surface area contributed by atoms with Crippen LogP contribution in [-0.2, 0) is 24.8 Å². The number of hydrogen-bond acceptors (Lipinski definition) is 3. The molecule has 0 saturated carbocycles. The van der Waals surface area contributed by atoms with E-state index in [-0.39, 0.29) is 6.04 Å². The van der Waals surface area contributed by atoms with Crippen LogP contribution in [0.15, 0.2) is 29.3 Å². The first kappa shape index (κ1) is 21.3. The second-order valence-electron chi connectivity index (χ2n) is 6.70. The molecule has 1 atom stereocenters. The summed E-state index contributed by atoms with van der Waals surface area (Å²) >= 11 is 5.88. The molecule has 1 aromatic carbocycles. The monoisotopic (exact) mass is 391 g/mol. The van der Waals surface area contributed by atoms with Crippen LogP contribution >= 0.6 is 11.6 Å². The molecule has 0 aliphatic rings. The maximum atomic E-state index is 5.88. The Kier molecular flexibility index (Phi) is 8.13. The topological polar surface area (TPSA) is 63.5 Å². The number of halogens is 1. The second-order valence-corrected chi connectivity index (χ2v) is 7.14. The van der Waals surface area contributed by atoms with Gasteiger partial charge in [0, 0.05) is 37.4 Å². The lowest BCUT2D eigenvalue weighted by Crippen LogP contribution is -2.44. The molecule has 0 bridgehead atoms. The van der Waals surface area contributed by atoms with E-state index in [1.54, 1.807) is 7.05 Å². The van der Waals surface area contributed by atoms with Crippen LogP contribution in [-0.4, -0.2) is 42.0 Å². The number of hydrogen-bond donors (Lipinski definition) is 2. The molecule has 1 unspecified atom stereocenters. The van der Waals surface area contributed by atoms with Gasteiger partial charge in [0.15, 0.2) is 5.96 Å². The summed E-state index contributed by atoms with van der Waals surface area (Å²) in [6, 6.07) is 7.93. The van der Waals surface area contributed by atoms with Crippen molar-refractivity contribution < 1.29 is 4.74 Å². The van der Waals surface area contributed by atoms with E-state index in [4.69, 9.17) is 16.3 Å². The summed E-state index contributed by atoms with van der Waals surface area (Å²) < 4.78 is 7.62. The maximum Gasteiger partial charge on any atom is 0.191 e. The van der Waals surface area contributed by atoms with Gasteiger partial charge >= 0.3 is 0 Å². The van der Waals surface area contributed by atoms with E-state index < -0.39 is 0 Å². The summed E-state index contributed by atoms with van der Waals surface area (Å²) in [5.74, 6) is 0.775. The molecule has 0 saturated heterocycles. The quantitative estimate of drug-likeness (QED) is 0.412. The summed E-state index contributed by atoms with van der Waals surface area (Å²) in [5, 5.41) is 11.9. The van der Waals surface area contributed by atoms with Crippen molar-refractivity contribution in [3.05, 3.63) is 51.8 Å². The van der Waals surface area contributed by atoms with Gasteiger partial charge in [-0.1, -0.05) is 23.7 Å². The number of rotatable bonds is 8. The van der Waals surface area contributed by atoms with Gasteiger partial charge in [-0.3, -0.25) is 9.67 Å². The molecular weight excluding hydrogens is 362 g/mol. The second kappa shape index (κ2) is 10.3. The zero-order valence-electron chi connectivity index (χ0n) is 16.8. The molecule has 6 nitrogen and oxygen atoms in total. The van der Waals surface area contributed by atoms with Crippen molar-refractivity contribution >= 4 is 17.6 Å². The molecule has 0 fully saturated rings. The summed E-state index contributed by atoms with van der Waals surface area (Å²) in [6.07, 6.45) is 0.902. The standard InChI is InChI=1S/C20H30ClN5O/c1-14(12-19-15(2)25-26(5)16(19)3)24-20(22-4)23-10-11-27-13-17-6-8-18(21)9-7-17/h6-9,14H,10-13H2,1-5H3,(H2,22,23,24). The van der Waals surface area contributed by atoms with Crippen LogP contribution in [0.1, 0.15) is 29.4 Å². The minimum Gasteiger partial charge on any atom is -0.375 e. The lowest BCUT2D eigenvalue weighted by atomic mass is 10.1. The first-order chi connectivity index (χ1) is 12.9. The Bertz CT molecular complexity index is 754. The van der Waals surface area contributed by atoms with Crippen molar-refractivity contribution in [3.8, 4) is 0 Å². The van der Waals surface area contributed by atoms with Crippen molar-refractivity contribution in [2.75, 3.05) is 20.2 Å². The van der Waals surface area contributed by atoms with Crippen molar-refractivity contribution in [1.82, 2.24) is 20.4 Å². The molecule has 1 aromatic heterocycles. The Morgan fingerprint density at radius 3 is 2.59 bits per heavy atom. The highest BCUT2D eigenvalue weighted by Crippen LogP contribution is 2.14. The van der Waals surface area contributed by atoms with Crippen molar-refractivity contribution in [2.24, 2.45) is 12.0 Å². The molecule has 0 aliphatic carbocycles. The number of nitrogens with one attached hydrogen (secondary N) is 2. The molecule has 0 radical (unpaired) electrons. The third kappa shape index (κ3) is 6.56. The highest BCUT2D eigenvalue weighted by atomic mass is 35.5. The minimum atomic E-state index is 0.243. The van der Waals surface area contributed by atoms with Gasteiger partial charge < -0.3 is 15.4 Å². The van der Waals surface area contributed by atoms with Gasteiger partial charge in [0.2, 0.25) is 0 Å². The Hall–Kier alpha value is -2.05. The first-order valence-corrected chi connectivity index (χ1v) is 9.57. The Balaban J connectivity index is 1.71. The van der Waals surface area contributed by atoms with Gasteiger partial charge in [0.05, 0.1) is 18.9 Å². The van der Waals surface area contributed by atoms with E-state index >= 15 is 0 Å². The van der Waals surface area contributed by atoms with Gasteiger partial charge in [0.1, 0.15) is 0 Å². The van der Waals surface area contributed by atoms with Crippen LogP contribution in [0, 0.1) is 13.8 Å². The predicted molar refractivity (Wildman–Crippen MR) is 111 cm³/mol. The number of nitrogens with zero attached hydrogens (tertiary/aromatic N) is 3. The first-order valence-electron chi connectivity index (χ1n) is 9.19. The normalized spacial score (nSPS) is 12.9. The molecule has 2 rings (SSSR count). The van der Waals surface area contributed by atoms with Crippen LogP contribution in [0.2, 0.25) is 5.02 Å². The minimum absolute atomic E-state index is 0.243. The fraction of sp³-hybridized carbons (Fsp3) is 0.500. The van der Waals surface area contributed by atoms with Crippen LogP contribution < -0.4 is 10.6 Å². The molecule has 2 N–H and O–H groups in total. The fourth-order valence-corrected chi connectivity index (χ4v) is 3.04. The van der Waals surface area contributed by atoms with E-state index in [0.717, 1.165) is 28.7 Å². The largest absolute Gasteiger partial charge is 0.375 e. The number of aryl methyl sites for hydroxylation is 2. The van der Waals surface area contributed by atoms with Crippen LogP contribution in [0.4, 0.5) is 0 Å². The van der Waals surface area contributed by atoms with E-state index in [1.807, 2.05) is 36.0 Å². The zero-order chi connectivity index (χ0) is 19.8. The summed E-state index contributed by atoms with van der Waals surface area (Å²) in [4.78, 5) is 4.29. The third-order valence-electron chi connectivity index (χ3n) is 4.50. The molecule has 0 aliphatic heterocycles. The Morgan fingerprint density at radius 1 is 1.30 bits per heavy atom. The van der Waals surface area contributed by atoms with Gasteiger partial charge in [-0.05, 0) is 50.5 Å². The molecule has 27 heavy (non-hydrogen) atoms. The van der Waals surface area contributed by atoms with E-state index in [2.05, 4.69) is 41.5 Å². The molecular formula is C20H30ClN5O. The molecule has 148 valence electrons. The smallest absolute Gasteiger partial charge is 0.191 e. The predicted octanol–water partition coefficient (Wildman–Crippen LogP) is 3.00. The Morgan fingerprint density at radius 2 is 2.00 bits per heavy atom. The number of benzene rings is 1. The van der Waals surface area contributed by atoms with Gasteiger partial charge in [0.25, 0.3) is 0 Å². The average Bonchev–Trinajstić information content (AvgIpc) is 2.88. The fourth-order valence-electron chi connectivity index (χ4n) is 2.91. The number of guanidine groups is 1. The SMILES string of the molecule is CN=C(NCCOCc1ccc(Cl)cc1)NC(C)Cc1c(C)nn(C)c1C. The molecule has 0 amide bonds. The molecule has 7 heteroatoms. The highest BCUT2D eigenvalue weighted by Gasteiger charge is 2.13. The Labute approximate surface area is 167 Å². The molecule has 2 aromatic rings.